The molecule has 2 atom stereocenters. The smallest absolute Gasteiger partial charge is 0.410 e. The van der Waals surface area contributed by atoms with Crippen LogP contribution >= 0.6 is 11.3 Å². The zero-order valence-electron chi connectivity index (χ0n) is 18.9. The fraction of sp³-hybridized carbons (Fsp3) is 0.417. The summed E-state index contributed by atoms with van der Waals surface area (Å²) in [5.41, 5.74) is 4.41. The topological polar surface area (TPSA) is 87.7 Å². The van der Waals surface area contributed by atoms with E-state index in [2.05, 4.69) is 20.2 Å². The Labute approximate surface area is 196 Å². The molecule has 0 radical (unpaired) electrons. The summed E-state index contributed by atoms with van der Waals surface area (Å²) in [5.74, 6) is 0.589. The van der Waals surface area contributed by atoms with E-state index in [0.29, 0.717) is 30.5 Å². The van der Waals surface area contributed by atoms with E-state index in [4.69, 9.17) is 4.74 Å². The van der Waals surface area contributed by atoms with Crippen LogP contribution in [-0.4, -0.2) is 58.6 Å². The second kappa shape index (κ2) is 8.30. The molecule has 0 spiro atoms. The largest absolute Gasteiger partial charge is 0.444 e. The number of hydrogen-bond donors (Lipinski definition) is 1. The van der Waals surface area contributed by atoms with Gasteiger partial charge in [-0.3, -0.25) is 9.78 Å². The molecule has 8 nitrogen and oxygen atoms in total. The highest BCUT2D eigenvalue weighted by atomic mass is 32.1. The molecule has 0 unspecified atom stereocenters. The Balaban J connectivity index is 1.22. The molecule has 2 aromatic heterocycles. The van der Waals surface area contributed by atoms with E-state index in [9.17, 15) is 9.59 Å². The number of pyridine rings is 1. The van der Waals surface area contributed by atoms with Gasteiger partial charge in [-0.05, 0) is 45.0 Å². The molecule has 2 aliphatic rings. The standard InChI is InChI=1S/C24H27N5O3S/c1-24(2,3)32-23(31)29-12-16-10-28(11-17(16)13-29)19-6-15(8-25-9-19)22(30)27-18-4-5-20-21(7-18)33-14-26-20/h4-9,14,16-17H,10-13H2,1-3H3,(H,27,30)/t16-,17+. The molecular formula is C24H27N5O3S. The molecule has 33 heavy (non-hydrogen) atoms. The number of anilines is 2. The molecule has 0 saturated carbocycles. The minimum atomic E-state index is -0.486. The van der Waals surface area contributed by atoms with Crippen LogP contribution in [0.5, 0.6) is 0 Å². The first-order chi connectivity index (χ1) is 15.7. The fourth-order valence-corrected chi connectivity index (χ4v) is 5.26. The number of benzene rings is 1. The molecule has 3 aromatic rings. The van der Waals surface area contributed by atoms with Crippen LogP contribution in [-0.2, 0) is 4.74 Å². The molecule has 2 fully saturated rings. The van der Waals surface area contributed by atoms with Crippen LogP contribution in [0.3, 0.4) is 0 Å². The van der Waals surface area contributed by atoms with Gasteiger partial charge >= 0.3 is 6.09 Å². The lowest BCUT2D eigenvalue weighted by Crippen LogP contribution is -2.37. The molecule has 0 bridgehead atoms. The average Bonchev–Trinajstić information content (AvgIpc) is 3.47. The summed E-state index contributed by atoms with van der Waals surface area (Å²) < 4.78 is 6.56. The summed E-state index contributed by atoms with van der Waals surface area (Å²) >= 11 is 1.54. The van der Waals surface area contributed by atoms with Gasteiger partial charge in [0.1, 0.15) is 5.60 Å². The number of thiazole rings is 1. The van der Waals surface area contributed by atoms with Gasteiger partial charge in [0.25, 0.3) is 5.91 Å². The number of rotatable bonds is 3. The van der Waals surface area contributed by atoms with E-state index in [0.717, 1.165) is 34.7 Å². The Morgan fingerprint density at radius 1 is 1.09 bits per heavy atom. The van der Waals surface area contributed by atoms with Crippen LogP contribution in [0.15, 0.2) is 42.2 Å². The van der Waals surface area contributed by atoms with Crippen molar-refractivity contribution in [3.8, 4) is 0 Å². The SMILES string of the molecule is CC(C)(C)OC(=O)N1C[C@@H]2CN(c3cncc(C(=O)Nc4ccc5ncsc5c4)c3)C[C@@H]2C1. The van der Waals surface area contributed by atoms with E-state index in [1.165, 1.54) is 0 Å². The van der Waals surface area contributed by atoms with Crippen molar-refractivity contribution >= 4 is 44.9 Å². The summed E-state index contributed by atoms with van der Waals surface area (Å²) in [6.45, 7) is 8.72. The number of hydrogen-bond acceptors (Lipinski definition) is 7. The van der Waals surface area contributed by atoms with Gasteiger partial charge in [-0.25, -0.2) is 9.78 Å². The van der Waals surface area contributed by atoms with Crippen molar-refractivity contribution in [2.75, 3.05) is 36.4 Å². The number of nitrogens with zero attached hydrogens (tertiary/aromatic N) is 4. The Morgan fingerprint density at radius 3 is 2.58 bits per heavy atom. The number of amides is 2. The quantitative estimate of drug-likeness (QED) is 0.622. The highest BCUT2D eigenvalue weighted by Gasteiger charge is 2.42. The first-order valence-corrected chi connectivity index (χ1v) is 12.0. The predicted octanol–water partition coefficient (Wildman–Crippen LogP) is 4.25. The molecular weight excluding hydrogens is 438 g/mol. The fourth-order valence-electron chi connectivity index (χ4n) is 4.54. The first kappa shape index (κ1) is 21.6. The molecule has 0 aliphatic carbocycles. The minimum Gasteiger partial charge on any atom is -0.444 e. The summed E-state index contributed by atoms with van der Waals surface area (Å²) in [7, 11) is 0. The summed E-state index contributed by atoms with van der Waals surface area (Å²) in [4.78, 5) is 37.9. The normalized spacial score (nSPS) is 20.2. The zero-order valence-corrected chi connectivity index (χ0v) is 19.8. The average molecular weight is 466 g/mol. The second-order valence-electron chi connectivity index (χ2n) is 9.73. The van der Waals surface area contributed by atoms with E-state index in [1.54, 1.807) is 29.2 Å². The maximum atomic E-state index is 12.8. The highest BCUT2D eigenvalue weighted by Crippen LogP contribution is 2.34. The van der Waals surface area contributed by atoms with Crippen molar-refractivity contribution in [2.24, 2.45) is 11.8 Å². The number of ether oxygens (including phenoxy) is 1. The van der Waals surface area contributed by atoms with Gasteiger partial charge in [0.2, 0.25) is 0 Å². The second-order valence-corrected chi connectivity index (χ2v) is 10.6. The number of fused-ring (bicyclic) bond motifs is 2. The molecule has 2 aliphatic heterocycles. The van der Waals surface area contributed by atoms with Gasteiger partial charge in [-0.15, -0.1) is 11.3 Å². The van der Waals surface area contributed by atoms with Gasteiger partial charge < -0.3 is 19.9 Å². The maximum Gasteiger partial charge on any atom is 0.410 e. The third-order valence-corrected chi connectivity index (χ3v) is 6.87. The highest BCUT2D eigenvalue weighted by molar-refractivity contribution is 7.16. The van der Waals surface area contributed by atoms with E-state index in [1.807, 2.05) is 49.9 Å². The van der Waals surface area contributed by atoms with Crippen molar-refractivity contribution < 1.29 is 14.3 Å². The summed E-state index contributed by atoms with van der Waals surface area (Å²) in [5, 5.41) is 2.96. The lowest BCUT2D eigenvalue weighted by Gasteiger charge is -2.26. The lowest BCUT2D eigenvalue weighted by atomic mass is 10.0. The molecule has 172 valence electrons. The third-order valence-electron chi connectivity index (χ3n) is 6.08. The number of likely N-dealkylation sites (tertiary alicyclic amines) is 1. The van der Waals surface area contributed by atoms with Crippen molar-refractivity contribution in [3.63, 3.8) is 0 Å². The van der Waals surface area contributed by atoms with Crippen molar-refractivity contribution in [2.45, 2.75) is 26.4 Å². The lowest BCUT2D eigenvalue weighted by molar-refractivity contribution is 0.0282. The van der Waals surface area contributed by atoms with Crippen LogP contribution in [0.1, 0.15) is 31.1 Å². The molecule has 9 heteroatoms. The molecule has 4 heterocycles. The van der Waals surface area contributed by atoms with E-state index < -0.39 is 5.60 Å². The van der Waals surface area contributed by atoms with Gasteiger partial charge in [0, 0.05) is 49.9 Å². The number of aromatic nitrogens is 2. The Hall–Kier alpha value is -3.20. The van der Waals surface area contributed by atoms with Crippen LogP contribution < -0.4 is 10.2 Å². The number of carbonyl (C=O) groups is 2. The monoisotopic (exact) mass is 465 g/mol. The van der Waals surface area contributed by atoms with Gasteiger partial charge in [-0.2, -0.15) is 0 Å². The van der Waals surface area contributed by atoms with Crippen LogP contribution in [0.4, 0.5) is 16.2 Å². The van der Waals surface area contributed by atoms with Crippen LogP contribution in [0, 0.1) is 11.8 Å². The Bertz CT molecular complexity index is 1190. The van der Waals surface area contributed by atoms with Crippen LogP contribution in [0.25, 0.3) is 10.2 Å². The zero-order chi connectivity index (χ0) is 23.2. The Morgan fingerprint density at radius 2 is 1.85 bits per heavy atom. The molecule has 5 rings (SSSR count). The molecule has 2 saturated heterocycles. The minimum absolute atomic E-state index is 0.191. The molecule has 2 amide bonds. The summed E-state index contributed by atoms with van der Waals surface area (Å²) in [6.07, 6.45) is 3.15. The Kier molecular flexibility index (Phi) is 5.44. The van der Waals surface area contributed by atoms with E-state index >= 15 is 0 Å². The van der Waals surface area contributed by atoms with Crippen molar-refractivity contribution in [3.05, 3.63) is 47.7 Å². The van der Waals surface area contributed by atoms with Gasteiger partial charge in [0.15, 0.2) is 0 Å². The van der Waals surface area contributed by atoms with Crippen molar-refractivity contribution in [1.82, 2.24) is 14.9 Å². The van der Waals surface area contributed by atoms with Crippen LogP contribution in [0.2, 0.25) is 0 Å². The molecule has 1 N–H and O–H groups in total. The van der Waals surface area contributed by atoms with Gasteiger partial charge in [0.05, 0.1) is 33.2 Å². The predicted molar refractivity (Wildman–Crippen MR) is 129 cm³/mol. The third kappa shape index (κ3) is 4.64. The van der Waals surface area contributed by atoms with Crippen molar-refractivity contribution in [1.29, 1.82) is 0 Å². The molecule has 1 aromatic carbocycles. The number of carbonyl (C=O) groups excluding carboxylic acids is 2. The van der Waals surface area contributed by atoms with E-state index in [-0.39, 0.29) is 12.0 Å². The summed E-state index contributed by atoms with van der Waals surface area (Å²) in [6, 6.07) is 7.58. The van der Waals surface area contributed by atoms with Gasteiger partial charge in [-0.1, -0.05) is 0 Å². The first-order valence-electron chi connectivity index (χ1n) is 11.1. The maximum absolute atomic E-state index is 12.8. The number of nitrogens with one attached hydrogen (secondary N) is 1.